The number of hydrogen-bond donors (Lipinski definition) is 1. The number of halogens is 2. The first-order chi connectivity index (χ1) is 16.2. The van der Waals surface area contributed by atoms with E-state index < -0.39 is 0 Å². The number of benzene rings is 2. The molecule has 34 heavy (non-hydrogen) atoms. The molecule has 1 N–H and O–H groups in total. The van der Waals surface area contributed by atoms with E-state index in [0.717, 1.165) is 39.7 Å². The van der Waals surface area contributed by atoms with Crippen molar-refractivity contribution in [3.05, 3.63) is 103 Å². The highest BCUT2D eigenvalue weighted by Gasteiger charge is 2.14. The number of nitrogens with zero attached hydrogens (tertiary/aromatic N) is 3. The lowest BCUT2D eigenvalue weighted by Crippen LogP contribution is -2.18. The fourth-order valence-electron chi connectivity index (χ4n) is 4.21. The Labute approximate surface area is 218 Å². The molecule has 0 radical (unpaired) electrons. The molecular formula is C27H26ClIN4O. The SMILES string of the molecule is Cc1cc(-n2c(C)cc(C=NNC(=O)c3cc(-n4c(C)ccc4C)ccc3Cl)c2C)ccc1I. The van der Waals surface area contributed by atoms with Gasteiger partial charge in [0.2, 0.25) is 0 Å². The Morgan fingerprint density at radius 3 is 2.21 bits per heavy atom. The first-order valence-electron chi connectivity index (χ1n) is 10.9. The number of amides is 1. The van der Waals surface area contributed by atoms with E-state index in [2.05, 4.69) is 80.4 Å². The van der Waals surface area contributed by atoms with Crippen molar-refractivity contribution in [2.75, 3.05) is 0 Å². The number of aromatic nitrogens is 2. The van der Waals surface area contributed by atoms with Gasteiger partial charge in [-0.05, 0) is 117 Å². The summed E-state index contributed by atoms with van der Waals surface area (Å²) in [5.41, 5.74) is 11.5. The Morgan fingerprint density at radius 1 is 0.882 bits per heavy atom. The molecule has 0 saturated carbocycles. The number of carbonyl (C=O) groups excluding carboxylic acids is 1. The van der Waals surface area contributed by atoms with Crippen LogP contribution in [0.2, 0.25) is 5.02 Å². The van der Waals surface area contributed by atoms with E-state index >= 15 is 0 Å². The summed E-state index contributed by atoms with van der Waals surface area (Å²) in [7, 11) is 0. The molecule has 0 unspecified atom stereocenters. The van der Waals surface area contributed by atoms with Crippen molar-refractivity contribution >= 4 is 46.3 Å². The maximum absolute atomic E-state index is 12.9. The van der Waals surface area contributed by atoms with Crippen molar-refractivity contribution in [1.82, 2.24) is 14.6 Å². The number of carbonyl (C=O) groups is 1. The van der Waals surface area contributed by atoms with Crippen LogP contribution in [0.1, 0.15) is 44.3 Å². The molecule has 5 nitrogen and oxygen atoms in total. The van der Waals surface area contributed by atoms with Crippen molar-refractivity contribution < 1.29 is 4.79 Å². The smallest absolute Gasteiger partial charge is 0.272 e. The number of rotatable bonds is 5. The molecule has 0 spiro atoms. The summed E-state index contributed by atoms with van der Waals surface area (Å²) in [6.07, 6.45) is 1.67. The summed E-state index contributed by atoms with van der Waals surface area (Å²) in [6, 6.07) is 18.0. The minimum absolute atomic E-state index is 0.354. The molecule has 174 valence electrons. The van der Waals surface area contributed by atoms with Gasteiger partial charge < -0.3 is 9.13 Å². The normalized spacial score (nSPS) is 11.4. The van der Waals surface area contributed by atoms with Crippen LogP contribution in [0.3, 0.4) is 0 Å². The Hall–Kier alpha value is -2.84. The zero-order valence-electron chi connectivity index (χ0n) is 19.8. The van der Waals surface area contributed by atoms with Crippen molar-refractivity contribution in [3.63, 3.8) is 0 Å². The molecule has 0 fully saturated rings. The monoisotopic (exact) mass is 584 g/mol. The molecule has 0 saturated heterocycles. The zero-order valence-corrected chi connectivity index (χ0v) is 22.7. The molecule has 0 atom stereocenters. The van der Waals surface area contributed by atoms with E-state index in [1.807, 2.05) is 39.0 Å². The largest absolute Gasteiger partial charge is 0.318 e. The lowest BCUT2D eigenvalue weighted by atomic mass is 10.2. The second-order valence-corrected chi connectivity index (χ2v) is 9.98. The number of nitrogens with one attached hydrogen (secondary N) is 1. The third kappa shape index (κ3) is 4.70. The van der Waals surface area contributed by atoms with Crippen molar-refractivity contribution in [1.29, 1.82) is 0 Å². The average molecular weight is 585 g/mol. The predicted octanol–water partition coefficient (Wildman–Crippen LogP) is 6.83. The van der Waals surface area contributed by atoms with Crippen molar-refractivity contribution in [3.8, 4) is 11.4 Å². The van der Waals surface area contributed by atoms with Crippen LogP contribution in [0.25, 0.3) is 11.4 Å². The predicted molar refractivity (Wildman–Crippen MR) is 148 cm³/mol. The van der Waals surface area contributed by atoms with Gasteiger partial charge in [0.25, 0.3) is 5.91 Å². The molecule has 7 heteroatoms. The summed E-state index contributed by atoms with van der Waals surface area (Å²) in [6.45, 7) is 10.3. The van der Waals surface area contributed by atoms with Gasteiger partial charge >= 0.3 is 0 Å². The molecule has 4 rings (SSSR count). The summed E-state index contributed by atoms with van der Waals surface area (Å²) >= 11 is 8.68. The Balaban J connectivity index is 1.56. The molecule has 2 aromatic heterocycles. The van der Waals surface area contributed by atoms with Gasteiger partial charge in [-0.3, -0.25) is 4.79 Å². The number of hydrazone groups is 1. The van der Waals surface area contributed by atoms with E-state index in [4.69, 9.17) is 11.6 Å². The molecule has 1 amide bonds. The molecule has 0 aliphatic carbocycles. The molecule has 0 aliphatic rings. The van der Waals surface area contributed by atoms with Crippen LogP contribution in [-0.2, 0) is 0 Å². The lowest BCUT2D eigenvalue weighted by molar-refractivity contribution is 0.0955. The molecule has 2 aromatic carbocycles. The number of aryl methyl sites for hydroxylation is 4. The Bertz CT molecular complexity index is 1410. The Morgan fingerprint density at radius 2 is 1.53 bits per heavy atom. The van der Waals surface area contributed by atoms with Gasteiger partial charge in [-0.15, -0.1) is 0 Å². The quantitative estimate of drug-likeness (QED) is 0.156. The molecule has 4 aromatic rings. The molecule has 2 heterocycles. The van der Waals surface area contributed by atoms with Gasteiger partial charge in [0.1, 0.15) is 0 Å². The first kappa shape index (κ1) is 24.3. The van der Waals surface area contributed by atoms with E-state index in [1.165, 1.54) is 9.13 Å². The van der Waals surface area contributed by atoms with E-state index in [-0.39, 0.29) is 5.91 Å². The standard InChI is InChI=1S/C27H26ClIN4O/c1-16-12-22(9-11-26(16)29)33-19(4)13-21(20(33)5)15-30-31-27(34)24-14-23(8-10-25(24)28)32-17(2)6-7-18(32)3/h6-15H,1-5H3,(H,31,34). The summed E-state index contributed by atoms with van der Waals surface area (Å²) < 4.78 is 5.50. The minimum Gasteiger partial charge on any atom is -0.318 e. The maximum atomic E-state index is 12.9. The highest BCUT2D eigenvalue weighted by atomic mass is 127. The van der Waals surface area contributed by atoms with Crippen LogP contribution < -0.4 is 5.43 Å². The third-order valence-electron chi connectivity index (χ3n) is 5.96. The van der Waals surface area contributed by atoms with Gasteiger partial charge in [0.15, 0.2) is 0 Å². The third-order valence-corrected chi connectivity index (χ3v) is 7.50. The van der Waals surface area contributed by atoms with Gasteiger partial charge in [0, 0.05) is 43.3 Å². The van der Waals surface area contributed by atoms with Crippen molar-refractivity contribution in [2.24, 2.45) is 5.10 Å². The van der Waals surface area contributed by atoms with Crippen LogP contribution in [0, 0.1) is 38.2 Å². The fraction of sp³-hybridized carbons (Fsp3) is 0.185. The summed E-state index contributed by atoms with van der Waals surface area (Å²) in [5.74, 6) is -0.354. The van der Waals surface area contributed by atoms with Gasteiger partial charge in [-0.25, -0.2) is 5.43 Å². The minimum atomic E-state index is -0.354. The molecule has 0 aliphatic heterocycles. The van der Waals surface area contributed by atoms with Gasteiger partial charge in [-0.1, -0.05) is 11.6 Å². The summed E-state index contributed by atoms with van der Waals surface area (Å²) in [5, 5.41) is 4.60. The average Bonchev–Trinajstić information content (AvgIpc) is 3.27. The van der Waals surface area contributed by atoms with Crippen molar-refractivity contribution in [2.45, 2.75) is 34.6 Å². The van der Waals surface area contributed by atoms with Crippen LogP contribution in [-0.4, -0.2) is 21.3 Å². The van der Waals surface area contributed by atoms with E-state index in [9.17, 15) is 4.79 Å². The number of hydrogen-bond acceptors (Lipinski definition) is 2. The fourth-order valence-corrected chi connectivity index (χ4v) is 4.75. The topological polar surface area (TPSA) is 51.3 Å². The Kier molecular flexibility index (Phi) is 7.00. The van der Waals surface area contributed by atoms with E-state index in [1.54, 1.807) is 18.3 Å². The highest BCUT2D eigenvalue weighted by Crippen LogP contribution is 2.24. The first-order valence-corrected chi connectivity index (χ1v) is 12.4. The van der Waals surface area contributed by atoms with E-state index in [0.29, 0.717) is 10.6 Å². The second-order valence-electron chi connectivity index (χ2n) is 8.41. The van der Waals surface area contributed by atoms with Crippen LogP contribution in [0.5, 0.6) is 0 Å². The van der Waals surface area contributed by atoms with Gasteiger partial charge in [0.05, 0.1) is 16.8 Å². The zero-order chi connectivity index (χ0) is 24.6. The molecule has 0 bridgehead atoms. The summed E-state index contributed by atoms with van der Waals surface area (Å²) in [4.78, 5) is 12.9. The van der Waals surface area contributed by atoms with Crippen LogP contribution in [0.4, 0.5) is 0 Å². The lowest BCUT2D eigenvalue weighted by Gasteiger charge is -2.12. The van der Waals surface area contributed by atoms with Gasteiger partial charge in [-0.2, -0.15) is 5.10 Å². The highest BCUT2D eigenvalue weighted by molar-refractivity contribution is 14.1. The van der Waals surface area contributed by atoms with Crippen LogP contribution >= 0.6 is 34.2 Å². The second kappa shape index (κ2) is 9.80. The molecular weight excluding hydrogens is 559 g/mol. The van der Waals surface area contributed by atoms with Crippen LogP contribution in [0.15, 0.2) is 59.7 Å². The maximum Gasteiger partial charge on any atom is 0.272 e.